The number of rotatable bonds is 6. The zero-order valence-electron chi connectivity index (χ0n) is 16.2. The monoisotopic (exact) mass is 438 g/mol. The van der Waals surface area contributed by atoms with E-state index in [0.717, 1.165) is 11.1 Å². The Morgan fingerprint density at radius 1 is 1.17 bits per heavy atom. The topological polar surface area (TPSA) is 80.5 Å². The summed E-state index contributed by atoms with van der Waals surface area (Å²) in [6, 6.07) is 17.2. The van der Waals surface area contributed by atoms with Gasteiger partial charge in [-0.25, -0.2) is 0 Å². The van der Waals surface area contributed by atoms with E-state index in [0.29, 0.717) is 33.4 Å². The van der Waals surface area contributed by atoms with Crippen LogP contribution in [0.25, 0.3) is 11.3 Å². The lowest BCUT2D eigenvalue weighted by Crippen LogP contribution is -2.24. The van der Waals surface area contributed by atoms with Crippen molar-refractivity contribution < 1.29 is 4.79 Å². The predicted octanol–water partition coefficient (Wildman–Crippen LogP) is 3.97. The third-order valence-corrected chi connectivity index (χ3v) is 5.31. The van der Waals surface area contributed by atoms with Crippen molar-refractivity contribution in [3.63, 3.8) is 0 Å². The molecule has 0 saturated heterocycles. The lowest BCUT2D eigenvalue weighted by Gasteiger charge is -2.05. The molecular weight excluding hydrogens is 420 g/mol. The van der Waals surface area contributed by atoms with E-state index in [9.17, 15) is 4.79 Å². The summed E-state index contributed by atoms with van der Waals surface area (Å²) in [4.78, 5) is 13.0. The molecule has 2 heterocycles. The number of nitrogens with zero attached hydrogens (tertiary/aromatic N) is 4. The standard InChI is InChI=1S/C21H19ClN6OS/c1-27-18(24-25-21(27)30)11-23-20(29)17-13-28(12-14-5-3-2-4-6-14)26-19(17)15-7-9-16(22)10-8-15/h2-10,13H,11-12H2,1H3,(H,23,29)(H,25,30). The van der Waals surface area contributed by atoms with Gasteiger partial charge in [0.1, 0.15) is 5.69 Å². The Morgan fingerprint density at radius 2 is 1.90 bits per heavy atom. The molecule has 0 spiro atoms. The highest BCUT2D eigenvalue weighted by Gasteiger charge is 2.19. The highest BCUT2D eigenvalue weighted by Crippen LogP contribution is 2.24. The van der Waals surface area contributed by atoms with Gasteiger partial charge in [-0.2, -0.15) is 10.2 Å². The summed E-state index contributed by atoms with van der Waals surface area (Å²) >= 11 is 11.1. The molecule has 2 aromatic carbocycles. The van der Waals surface area contributed by atoms with Crippen LogP contribution in [0.1, 0.15) is 21.7 Å². The summed E-state index contributed by atoms with van der Waals surface area (Å²) in [6.45, 7) is 0.800. The number of H-pyrrole nitrogens is 1. The SMILES string of the molecule is Cn1c(CNC(=O)c2cn(Cc3ccccc3)nc2-c2ccc(Cl)cc2)n[nH]c1=S. The Bertz CT molecular complexity index is 1230. The molecule has 152 valence electrons. The zero-order chi connectivity index (χ0) is 21.1. The van der Waals surface area contributed by atoms with Crippen molar-refractivity contribution in [3.05, 3.63) is 87.5 Å². The van der Waals surface area contributed by atoms with Gasteiger partial charge in [-0.05, 0) is 29.9 Å². The van der Waals surface area contributed by atoms with Crippen LogP contribution >= 0.6 is 23.8 Å². The van der Waals surface area contributed by atoms with Crippen LogP contribution in [0.15, 0.2) is 60.8 Å². The summed E-state index contributed by atoms with van der Waals surface area (Å²) in [5.41, 5.74) is 2.98. The van der Waals surface area contributed by atoms with E-state index in [1.54, 1.807) is 34.6 Å². The van der Waals surface area contributed by atoms with Crippen molar-refractivity contribution >= 4 is 29.7 Å². The molecule has 9 heteroatoms. The number of halogens is 1. The van der Waals surface area contributed by atoms with Crippen LogP contribution in [-0.2, 0) is 20.1 Å². The van der Waals surface area contributed by atoms with Crippen molar-refractivity contribution in [2.75, 3.05) is 0 Å². The van der Waals surface area contributed by atoms with Gasteiger partial charge in [-0.15, -0.1) is 0 Å². The molecule has 0 bridgehead atoms. The summed E-state index contributed by atoms with van der Waals surface area (Å²) in [6.07, 6.45) is 1.76. The third kappa shape index (κ3) is 4.34. The average Bonchev–Trinajstić information content (AvgIpc) is 3.31. The van der Waals surface area contributed by atoms with Crippen LogP contribution in [0.4, 0.5) is 0 Å². The number of benzene rings is 2. The first-order valence-electron chi connectivity index (χ1n) is 9.27. The van der Waals surface area contributed by atoms with Crippen molar-refractivity contribution in [1.82, 2.24) is 29.9 Å². The smallest absolute Gasteiger partial charge is 0.255 e. The second-order valence-electron chi connectivity index (χ2n) is 6.77. The van der Waals surface area contributed by atoms with Crippen molar-refractivity contribution in [1.29, 1.82) is 0 Å². The van der Waals surface area contributed by atoms with Crippen LogP contribution < -0.4 is 5.32 Å². The second kappa shape index (κ2) is 8.64. The number of amides is 1. The van der Waals surface area contributed by atoms with Gasteiger partial charge >= 0.3 is 0 Å². The third-order valence-electron chi connectivity index (χ3n) is 4.69. The number of hydrogen-bond donors (Lipinski definition) is 2. The van der Waals surface area contributed by atoms with E-state index in [2.05, 4.69) is 20.6 Å². The number of aromatic nitrogens is 5. The Balaban J connectivity index is 1.63. The largest absolute Gasteiger partial charge is 0.345 e. The molecule has 2 aromatic heterocycles. The number of carbonyl (C=O) groups excluding carboxylic acids is 1. The molecule has 0 aliphatic carbocycles. The van der Waals surface area contributed by atoms with Gasteiger partial charge in [-0.1, -0.05) is 54.1 Å². The van der Waals surface area contributed by atoms with Crippen LogP contribution in [0.2, 0.25) is 5.02 Å². The van der Waals surface area contributed by atoms with E-state index < -0.39 is 0 Å². The first-order valence-corrected chi connectivity index (χ1v) is 10.1. The van der Waals surface area contributed by atoms with Crippen LogP contribution in [-0.4, -0.2) is 30.5 Å². The van der Waals surface area contributed by atoms with Crippen molar-refractivity contribution in [2.45, 2.75) is 13.1 Å². The summed E-state index contributed by atoms with van der Waals surface area (Å²) < 4.78 is 3.98. The van der Waals surface area contributed by atoms with Crippen LogP contribution in [0.5, 0.6) is 0 Å². The molecule has 0 unspecified atom stereocenters. The van der Waals surface area contributed by atoms with Gasteiger partial charge in [-0.3, -0.25) is 14.6 Å². The van der Waals surface area contributed by atoms with E-state index in [1.807, 2.05) is 42.5 Å². The number of carbonyl (C=O) groups is 1. The Morgan fingerprint density at radius 3 is 2.57 bits per heavy atom. The molecule has 4 rings (SSSR count). The first kappa shape index (κ1) is 20.1. The fraction of sp³-hybridized carbons (Fsp3) is 0.143. The fourth-order valence-corrected chi connectivity index (χ4v) is 3.33. The lowest BCUT2D eigenvalue weighted by atomic mass is 10.1. The fourth-order valence-electron chi connectivity index (χ4n) is 3.05. The molecule has 0 aliphatic rings. The summed E-state index contributed by atoms with van der Waals surface area (Å²) in [7, 11) is 1.80. The molecule has 4 aromatic rings. The van der Waals surface area contributed by atoms with Gasteiger partial charge < -0.3 is 9.88 Å². The minimum absolute atomic E-state index is 0.242. The van der Waals surface area contributed by atoms with E-state index in [-0.39, 0.29) is 12.5 Å². The quantitative estimate of drug-likeness (QED) is 0.446. The number of hydrogen-bond acceptors (Lipinski definition) is 4. The minimum atomic E-state index is -0.242. The van der Waals surface area contributed by atoms with Gasteiger partial charge in [0.05, 0.1) is 18.7 Å². The molecule has 0 radical (unpaired) electrons. The normalized spacial score (nSPS) is 10.9. The Labute approximate surface area is 183 Å². The van der Waals surface area contributed by atoms with Gasteiger partial charge in [0.2, 0.25) is 0 Å². The molecular formula is C21H19ClN6OS. The molecule has 0 aliphatic heterocycles. The molecule has 7 nitrogen and oxygen atoms in total. The maximum Gasteiger partial charge on any atom is 0.255 e. The highest BCUT2D eigenvalue weighted by molar-refractivity contribution is 7.71. The van der Waals surface area contributed by atoms with Gasteiger partial charge in [0, 0.05) is 23.8 Å². The Kier molecular flexibility index (Phi) is 5.78. The van der Waals surface area contributed by atoms with Crippen LogP contribution in [0.3, 0.4) is 0 Å². The molecule has 2 N–H and O–H groups in total. The van der Waals surface area contributed by atoms with Gasteiger partial charge in [0.15, 0.2) is 10.6 Å². The Hall–Kier alpha value is -3.23. The molecule has 30 heavy (non-hydrogen) atoms. The summed E-state index contributed by atoms with van der Waals surface area (Å²) in [5.74, 6) is 0.395. The average molecular weight is 439 g/mol. The minimum Gasteiger partial charge on any atom is -0.345 e. The first-order chi connectivity index (χ1) is 14.5. The van der Waals surface area contributed by atoms with Crippen molar-refractivity contribution in [2.24, 2.45) is 7.05 Å². The summed E-state index contributed by atoms with van der Waals surface area (Å²) in [5, 5.41) is 15.0. The lowest BCUT2D eigenvalue weighted by molar-refractivity contribution is 0.0950. The molecule has 1 amide bonds. The van der Waals surface area contributed by atoms with Crippen LogP contribution in [0, 0.1) is 4.77 Å². The maximum atomic E-state index is 13.0. The van der Waals surface area contributed by atoms with Crippen molar-refractivity contribution in [3.8, 4) is 11.3 Å². The predicted molar refractivity (Wildman–Crippen MR) is 118 cm³/mol. The van der Waals surface area contributed by atoms with E-state index in [1.165, 1.54) is 0 Å². The second-order valence-corrected chi connectivity index (χ2v) is 7.59. The molecule has 0 atom stereocenters. The number of aromatic amines is 1. The van der Waals surface area contributed by atoms with E-state index in [4.69, 9.17) is 23.8 Å². The zero-order valence-corrected chi connectivity index (χ0v) is 17.7. The van der Waals surface area contributed by atoms with E-state index >= 15 is 0 Å². The number of nitrogens with one attached hydrogen (secondary N) is 2. The maximum absolute atomic E-state index is 13.0. The molecule has 0 saturated carbocycles. The van der Waals surface area contributed by atoms with Gasteiger partial charge in [0.25, 0.3) is 5.91 Å². The molecule has 0 fully saturated rings. The highest BCUT2D eigenvalue weighted by atomic mass is 35.5.